The van der Waals surface area contributed by atoms with Gasteiger partial charge in [-0.2, -0.15) is 0 Å². The number of nitrogens with zero attached hydrogens (tertiary/aromatic N) is 3. The number of hydrogen-bond acceptors (Lipinski definition) is 6. The van der Waals surface area contributed by atoms with Crippen LogP contribution in [0.25, 0.3) is 0 Å². The third kappa shape index (κ3) is 10.2. The van der Waals surface area contributed by atoms with Gasteiger partial charge in [0.1, 0.15) is 23.3 Å². The van der Waals surface area contributed by atoms with Gasteiger partial charge in [0, 0.05) is 44.6 Å². The molecule has 1 fully saturated rings. The minimum Gasteiger partial charge on any atom is -0.497 e. The number of anilines is 2. The van der Waals surface area contributed by atoms with E-state index in [9.17, 15) is 9.00 Å². The molecule has 1 heterocycles. The molecule has 0 radical (unpaired) electrons. The molecule has 0 aromatic heterocycles. The highest BCUT2D eigenvalue weighted by atomic mass is 32.2. The Morgan fingerprint density at radius 3 is 2.31 bits per heavy atom. The molecular weight excluding hydrogens is 512 g/mol. The number of hydrogen-bond donors (Lipinski definition) is 1. The van der Waals surface area contributed by atoms with E-state index in [4.69, 9.17) is 9.47 Å². The van der Waals surface area contributed by atoms with E-state index in [1.165, 1.54) is 12.8 Å². The second-order valence-corrected chi connectivity index (χ2v) is 11.6. The lowest BCUT2D eigenvalue weighted by Gasteiger charge is -2.34. The molecule has 1 N–H and O–H groups in total. The Balaban J connectivity index is 0.00000260. The number of piperidine rings is 1. The van der Waals surface area contributed by atoms with Crippen LogP contribution in [0.15, 0.2) is 41.3 Å². The lowest BCUT2D eigenvalue weighted by Crippen LogP contribution is -2.37. The zero-order valence-corrected chi connectivity index (χ0v) is 25.9. The Morgan fingerprint density at radius 1 is 1.08 bits per heavy atom. The first-order valence-corrected chi connectivity index (χ1v) is 14.9. The number of carbonyl (C=O) groups excluding carboxylic acids is 1. The standard InChI is InChI=1S/C28H42N4O4S.C2H6/c1-21-16-26(35-6)17-22(2)28(21)37(34)31(5)14-15-36-20-27(33)29-24-8-7-9-25(18-24)32-12-10-23(11-13-32)19-30(3)4;1-2/h7-9,16-18,23H,10-15,19-20H2,1-6H3,(H,29,33);1-2H3. The highest BCUT2D eigenvalue weighted by Gasteiger charge is 2.20. The molecule has 0 bridgehead atoms. The summed E-state index contributed by atoms with van der Waals surface area (Å²) in [5.74, 6) is 1.29. The van der Waals surface area contributed by atoms with Crippen molar-refractivity contribution < 1.29 is 18.5 Å². The largest absolute Gasteiger partial charge is 0.497 e. The van der Waals surface area contributed by atoms with Crippen molar-refractivity contribution >= 4 is 28.3 Å². The molecule has 1 saturated heterocycles. The number of amides is 1. The van der Waals surface area contributed by atoms with Crippen LogP contribution in [-0.4, -0.2) is 87.0 Å². The van der Waals surface area contributed by atoms with Gasteiger partial charge in [0.25, 0.3) is 0 Å². The average molecular weight is 561 g/mol. The zero-order valence-electron chi connectivity index (χ0n) is 25.1. The normalized spacial score (nSPS) is 14.7. The number of aryl methyl sites for hydroxylation is 2. The Labute approximate surface area is 238 Å². The van der Waals surface area contributed by atoms with Crippen LogP contribution >= 0.6 is 0 Å². The average Bonchev–Trinajstić information content (AvgIpc) is 2.91. The Kier molecular flexibility index (Phi) is 13.9. The van der Waals surface area contributed by atoms with Crippen LogP contribution in [0, 0.1) is 19.8 Å². The summed E-state index contributed by atoms with van der Waals surface area (Å²) < 4.78 is 25.6. The van der Waals surface area contributed by atoms with Crippen LogP contribution < -0.4 is 15.0 Å². The molecule has 1 unspecified atom stereocenters. The van der Waals surface area contributed by atoms with Gasteiger partial charge >= 0.3 is 0 Å². The summed E-state index contributed by atoms with van der Waals surface area (Å²) in [6, 6.07) is 11.8. The van der Waals surface area contributed by atoms with Crippen molar-refractivity contribution in [2.45, 2.75) is 45.4 Å². The molecule has 218 valence electrons. The predicted molar refractivity (Wildman–Crippen MR) is 162 cm³/mol. The molecule has 0 spiro atoms. The highest BCUT2D eigenvalue weighted by Crippen LogP contribution is 2.27. The molecule has 1 amide bonds. The van der Waals surface area contributed by atoms with E-state index >= 15 is 0 Å². The van der Waals surface area contributed by atoms with Gasteiger partial charge in [0.2, 0.25) is 5.91 Å². The molecule has 39 heavy (non-hydrogen) atoms. The number of methoxy groups -OCH3 is 1. The molecule has 8 nitrogen and oxygen atoms in total. The maximum absolute atomic E-state index is 13.0. The zero-order chi connectivity index (χ0) is 28.9. The van der Waals surface area contributed by atoms with Crippen LogP contribution in [0.3, 0.4) is 0 Å². The number of carbonyl (C=O) groups is 1. The summed E-state index contributed by atoms with van der Waals surface area (Å²) in [5, 5.41) is 2.94. The maximum Gasteiger partial charge on any atom is 0.250 e. The number of ether oxygens (including phenoxy) is 2. The van der Waals surface area contributed by atoms with Gasteiger partial charge in [0.05, 0.1) is 18.6 Å². The summed E-state index contributed by atoms with van der Waals surface area (Å²) >= 11 is 0. The highest BCUT2D eigenvalue weighted by molar-refractivity contribution is 7.82. The summed E-state index contributed by atoms with van der Waals surface area (Å²) in [6.45, 7) is 11.7. The molecule has 2 aromatic carbocycles. The lowest BCUT2D eigenvalue weighted by atomic mass is 9.96. The van der Waals surface area contributed by atoms with Crippen molar-refractivity contribution in [3.63, 3.8) is 0 Å². The van der Waals surface area contributed by atoms with Crippen molar-refractivity contribution in [1.82, 2.24) is 9.21 Å². The van der Waals surface area contributed by atoms with Crippen LogP contribution in [0.5, 0.6) is 5.75 Å². The second kappa shape index (κ2) is 16.6. The number of benzene rings is 2. The van der Waals surface area contributed by atoms with Crippen LogP contribution in [0.1, 0.15) is 37.8 Å². The van der Waals surface area contributed by atoms with Crippen molar-refractivity contribution in [1.29, 1.82) is 0 Å². The molecule has 0 aliphatic carbocycles. The summed E-state index contributed by atoms with van der Waals surface area (Å²) in [6.07, 6.45) is 2.36. The number of nitrogens with one attached hydrogen (secondary N) is 1. The Bertz CT molecular complexity index is 1050. The monoisotopic (exact) mass is 560 g/mol. The van der Waals surface area contributed by atoms with E-state index in [1.54, 1.807) is 18.5 Å². The molecule has 0 saturated carbocycles. The summed E-state index contributed by atoms with van der Waals surface area (Å²) in [7, 11) is 6.34. The van der Waals surface area contributed by atoms with Gasteiger partial charge in [-0.05, 0) is 88.2 Å². The van der Waals surface area contributed by atoms with Crippen LogP contribution in [-0.2, 0) is 20.5 Å². The first-order chi connectivity index (χ1) is 18.7. The van der Waals surface area contributed by atoms with E-state index in [0.29, 0.717) is 13.2 Å². The molecule has 2 aromatic rings. The minimum absolute atomic E-state index is 0.0543. The van der Waals surface area contributed by atoms with E-state index in [2.05, 4.69) is 35.3 Å². The predicted octanol–water partition coefficient (Wildman–Crippen LogP) is 4.73. The van der Waals surface area contributed by atoms with Crippen molar-refractivity contribution in [3.05, 3.63) is 47.5 Å². The van der Waals surface area contributed by atoms with Crippen molar-refractivity contribution in [3.8, 4) is 5.75 Å². The van der Waals surface area contributed by atoms with Gasteiger partial charge in [-0.15, -0.1) is 0 Å². The molecule has 1 aliphatic rings. The first kappa shape index (κ1) is 32.8. The van der Waals surface area contributed by atoms with Gasteiger partial charge in [0.15, 0.2) is 0 Å². The van der Waals surface area contributed by atoms with Crippen LogP contribution in [0.2, 0.25) is 0 Å². The number of rotatable bonds is 12. The fourth-order valence-electron chi connectivity index (χ4n) is 4.77. The van der Waals surface area contributed by atoms with E-state index in [1.807, 2.05) is 58.0 Å². The molecule has 1 atom stereocenters. The van der Waals surface area contributed by atoms with E-state index in [0.717, 1.165) is 58.7 Å². The van der Waals surface area contributed by atoms with Gasteiger partial charge in [-0.25, -0.2) is 8.51 Å². The summed E-state index contributed by atoms with van der Waals surface area (Å²) in [5.41, 5.74) is 3.74. The third-order valence-corrected chi connectivity index (χ3v) is 8.39. The third-order valence-electron chi connectivity index (χ3n) is 6.64. The van der Waals surface area contributed by atoms with Crippen molar-refractivity contribution in [2.75, 3.05) is 77.9 Å². The summed E-state index contributed by atoms with van der Waals surface area (Å²) in [4.78, 5) is 17.9. The van der Waals surface area contributed by atoms with Gasteiger partial charge in [-0.1, -0.05) is 19.9 Å². The fraction of sp³-hybridized carbons (Fsp3) is 0.567. The Hall–Kier alpha value is -2.46. The van der Waals surface area contributed by atoms with Crippen LogP contribution in [0.4, 0.5) is 11.4 Å². The molecular formula is C30H48N4O4S. The lowest BCUT2D eigenvalue weighted by molar-refractivity contribution is -0.120. The molecule has 1 aliphatic heterocycles. The smallest absolute Gasteiger partial charge is 0.250 e. The fourth-order valence-corrected chi connectivity index (χ4v) is 5.99. The second-order valence-electron chi connectivity index (χ2n) is 10.0. The molecule has 9 heteroatoms. The quantitative estimate of drug-likeness (QED) is 0.379. The van der Waals surface area contributed by atoms with Gasteiger partial charge < -0.3 is 24.6 Å². The maximum atomic E-state index is 13.0. The minimum atomic E-state index is -1.33. The topological polar surface area (TPSA) is 74.3 Å². The molecule has 3 rings (SSSR count). The SMILES string of the molecule is CC.COc1cc(C)c(S(=O)N(C)CCOCC(=O)Nc2cccc(N3CCC(CN(C)C)CC3)c2)c(C)c1. The van der Waals surface area contributed by atoms with Crippen molar-refractivity contribution in [2.24, 2.45) is 5.92 Å². The van der Waals surface area contributed by atoms with E-state index in [-0.39, 0.29) is 12.5 Å². The Morgan fingerprint density at radius 2 is 1.72 bits per heavy atom. The first-order valence-electron chi connectivity index (χ1n) is 13.8. The number of likely N-dealkylation sites (N-methyl/N-ethyl adjacent to an activating group) is 1. The van der Waals surface area contributed by atoms with Gasteiger partial charge in [-0.3, -0.25) is 4.79 Å². The van der Waals surface area contributed by atoms with E-state index < -0.39 is 11.0 Å².